The fourth-order valence-electron chi connectivity index (χ4n) is 3.05. The first-order chi connectivity index (χ1) is 13.2. The van der Waals surface area contributed by atoms with Crippen molar-refractivity contribution in [2.45, 2.75) is 26.9 Å². The predicted molar refractivity (Wildman–Crippen MR) is 101 cm³/mol. The number of fused-ring (bicyclic) bond motifs is 1. The number of nitrogens with zero attached hydrogens (tertiary/aromatic N) is 3. The minimum atomic E-state index is -0.380. The van der Waals surface area contributed by atoms with E-state index in [1.807, 2.05) is 26.0 Å². The molecular weight excluding hydrogens is 348 g/mol. The molecule has 1 aliphatic heterocycles. The van der Waals surface area contributed by atoms with Crippen molar-refractivity contribution >= 4 is 11.8 Å². The quantitative estimate of drug-likeness (QED) is 0.711. The van der Waals surface area contributed by atoms with E-state index in [1.165, 1.54) is 12.7 Å². The molecule has 27 heavy (non-hydrogen) atoms. The average Bonchev–Trinajstić information content (AvgIpc) is 3.11. The molecule has 1 aliphatic rings. The van der Waals surface area contributed by atoms with Crippen molar-refractivity contribution in [3.63, 3.8) is 0 Å². The Kier molecular flexibility index (Phi) is 6.18. The van der Waals surface area contributed by atoms with Gasteiger partial charge in [0.2, 0.25) is 0 Å². The Morgan fingerprint density at radius 2 is 2.00 bits per heavy atom. The number of anilines is 1. The molecule has 1 N–H and O–H groups in total. The van der Waals surface area contributed by atoms with Crippen LogP contribution in [0.2, 0.25) is 0 Å². The third-order valence-corrected chi connectivity index (χ3v) is 4.37. The zero-order valence-electron chi connectivity index (χ0n) is 16.0. The lowest BCUT2D eigenvalue weighted by Crippen LogP contribution is -2.39. The van der Waals surface area contributed by atoms with Crippen molar-refractivity contribution in [1.82, 2.24) is 14.7 Å². The van der Waals surface area contributed by atoms with Gasteiger partial charge in [0.05, 0.1) is 39.9 Å². The second-order valence-electron chi connectivity index (χ2n) is 6.17. The van der Waals surface area contributed by atoms with E-state index in [-0.39, 0.29) is 5.97 Å². The van der Waals surface area contributed by atoms with Gasteiger partial charge in [-0.05, 0) is 38.0 Å². The number of hydrogen-bond donors (Lipinski definition) is 1. The molecule has 0 saturated carbocycles. The molecule has 8 nitrogen and oxygen atoms in total. The zero-order valence-corrected chi connectivity index (χ0v) is 16.0. The molecule has 0 unspecified atom stereocenters. The van der Waals surface area contributed by atoms with Crippen molar-refractivity contribution in [1.29, 1.82) is 0 Å². The number of rotatable bonds is 8. The topological polar surface area (TPSA) is 77.9 Å². The van der Waals surface area contributed by atoms with E-state index in [4.69, 9.17) is 14.2 Å². The summed E-state index contributed by atoms with van der Waals surface area (Å²) in [4.78, 5) is 14.0. The molecule has 0 atom stereocenters. The van der Waals surface area contributed by atoms with Gasteiger partial charge in [0.1, 0.15) is 11.4 Å². The Balaban J connectivity index is 1.62. The monoisotopic (exact) mass is 374 g/mol. The molecule has 1 aromatic carbocycles. The van der Waals surface area contributed by atoms with Gasteiger partial charge in [-0.15, -0.1) is 0 Å². The van der Waals surface area contributed by atoms with Gasteiger partial charge in [0.15, 0.2) is 11.5 Å². The number of hydrogen-bond acceptors (Lipinski definition) is 7. The molecule has 0 amide bonds. The summed E-state index contributed by atoms with van der Waals surface area (Å²) >= 11 is 0. The van der Waals surface area contributed by atoms with Crippen molar-refractivity contribution < 1.29 is 19.0 Å². The summed E-state index contributed by atoms with van der Waals surface area (Å²) < 4.78 is 17.9. The normalized spacial score (nSPS) is 13.6. The van der Waals surface area contributed by atoms with Crippen LogP contribution in [0.5, 0.6) is 11.5 Å². The van der Waals surface area contributed by atoms with Gasteiger partial charge in [-0.25, -0.2) is 9.48 Å². The van der Waals surface area contributed by atoms with Gasteiger partial charge in [-0.1, -0.05) is 6.07 Å². The predicted octanol–water partition coefficient (Wildman–Crippen LogP) is 2.35. The standard InChI is InChI=1S/C19H26N4O4/c1-4-26-16-7-6-14(10-17(16)27-5-2)8-9-22-12-20-18-15(19(24)25-3)11-21-23(18)13-22/h6-7,10-11,20H,4-5,8-9,12-13H2,1-3H3. The molecule has 0 radical (unpaired) electrons. The number of nitrogens with one attached hydrogen (secondary N) is 1. The van der Waals surface area contributed by atoms with Crippen molar-refractivity contribution in [3.8, 4) is 11.5 Å². The summed E-state index contributed by atoms with van der Waals surface area (Å²) in [5, 5.41) is 7.53. The SMILES string of the molecule is CCOc1ccc(CCN2CNc3c(C(=O)OC)cnn3C2)cc1OCC. The summed E-state index contributed by atoms with van der Waals surface area (Å²) in [6.45, 7) is 7.25. The van der Waals surface area contributed by atoms with E-state index >= 15 is 0 Å². The summed E-state index contributed by atoms with van der Waals surface area (Å²) in [6, 6.07) is 6.08. The van der Waals surface area contributed by atoms with Gasteiger partial charge < -0.3 is 19.5 Å². The van der Waals surface area contributed by atoms with Crippen molar-refractivity contribution in [3.05, 3.63) is 35.5 Å². The van der Waals surface area contributed by atoms with Crippen LogP contribution >= 0.6 is 0 Å². The molecule has 1 aromatic heterocycles. The highest BCUT2D eigenvalue weighted by Gasteiger charge is 2.23. The third-order valence-electron chi connectivity index (χ3n) is 4.37. The Morgan fingerprint density at radius 1 is 1.22 bits per heavy atom. The molecule has 146 valence electrons. The Labute approximate surface area is 159 Å². The molecular formula is C19H26N4O4. The van der Waals surface area contributed by atoms with Crippen molar-refractivity contribution in [2.75, 3.05) is 38.9 Å². The summed E-state index contributed by atoms with van der Waals surface area (Å²) in [6.07, 6.45) is 2.41. The lowest BCUT2D eigenvalue weighted by atomic mass is 10.1. The van der Waals surface area contributed by atoms with Gasteiger partial charge in [-0.2, -0.15) is 5.10 Å². The minimum absolute atomic E-state index is 0.380. The largest absolute Gasteiger partial charge is 0.490 e. The van der Waals surface area contributed by atoms with E-state index < -0.39 is 0 Å². The maximum atomic E-state index is 11.7. The Morgan fingerprint density at radius 3 is 2.74 bits per heavy atom. The molecule has 0 saturated heterocycles. The first-order valence-corrected chi connectivity index (χ1v) is 9.15. The van der Waals surface area contributed by atoms with Crippen LogP contribution in [0.3, 0.4) is 0 Å². The van der Waals surface area contributed by atoms with Gasteiger partial charge in [0.25, 0.3) is 0 Å². The van der Waals surface area contributed by atoms with E-state index in [1.54, 1.807) is 10.9 Å². The van der Waals surface area contributed by atoms with E-state index in [0.29, 0.717) is 37.9 Å². The van der Waals surface area contributed by atoms with Crippen LogP contribution in [-0.4, -0.2) is 54.2 Å². The van der Waals surface area contributed by atoms with Crippen LogP contribution in [0, 0.1) is 0 Å². The molecule has 2 aromatic rings. The highest BCUT2D eigenvalue weighted by Crippen LogP contribution is 2.29. The maximum Gasteiger partial charge on any atom is 0.343 e. The minimum Gasteiger partial charge on any atom is -0.490 e. The first-order valence-electron chi connectivity index (χ1n) is 9.15. The molecule has 0 spiro atoms. The number of benzene rings is 1. The molecule has 0 bridgehead atoms. The summed E-state index contributed by atoms with van der Waals surface area (Å²) in [7, 11) is 1.37. The van der Waals surface area contributed by atoms with E-state index in [9.17, 15) is 4.79 Å². The highest BCUT2D eigenvalue weighted by atomic mass is 16.5. The summed E-state index contributed by atoms with van der Waals surface area (Å²) in [5.41, 5.74) is 1.65. The number of esters is 1. The summed E-state index contributed by atoms with van der Waals surface area (Å²) in [5.74, 6) is 1.89. The smallest absolute Gasteiger partial charge is 0.343 e. The Hall–Kier alpha value is -2.74. The van der Waals surface area contributed by atoms with E-state index in [2.05, 4.69) is 21.4 Å². The van der Waals surface area contributed by atoms with Gasteiger partial charge in [-0.3, -0.25) is 4.90 Å². The van der Waals surface area contributed by atoms with Crippen molar-refractivity contribution in [2.24, 2.45) is 0 Å². The average molecular weight is 374 g/mol. The molecule has 3 rings (SSSR count). The second kappa shape index (κ2) is 8.77. The molecule has 2 heterocycles. The van der Waals surface area contributed by atoms with Crippen LogP contribution in [0.4, 0.5) is 5.82 Å². The molecule has 8 heteroatoms. The lowest BCUT2D eigenvalue weighted by Gasteiger charge is -2.29. The number of methoxy groups -OCH3 is 1. The highest BCUT2D eigenvalue weighted by molar-refractivity contribution is 5.94. The number of carbonyl (C=O) groups is 1. The van der Waals surface area contributed by atoms with Crippen LogP contribution in [0.25, 0.3) is 0 Å². The lowest BCUT2D eigenvalue weighted by molar-refractivity contribution is 0.0601. The fourth-order valence-corrected chi connectivity index (χ4v) is 3.05. The van der Waals surface area contributed by atoms with Gasteiger partial charge in [0, 0.05) is 6.54 Å². The zero-order chi connectivity index (χ0) is 19.2. The van der Waals surface area contributed by atoms with Crippen LogP contribution in [0.1, 0.15) is 29.8 Å². The van der Waals surface area contributed by atoms with Gasteiger partial charge >= 0.3 is 5.97 Å². The molecule has 0 fully saturated rings. The fraction of sp³-hybridized carbons (Fsp3) is 0.474. The number of carbonyl (C=O) groups excluding carboxylic acids is 1. The molecule has 0 aliphatic carbocycles. The van der Waals surface area contributed by atoms with Crippen LogP contribution in [0.15, 0.2) is 24.4 Å². The number of aromatic nitrogens is 2. The second-order valence-corrected chi connectivity index (χ2v) is 6.17. The third kappa shape index (κ3) is 4.33. The Bertz CT molecular complexity index is 790. The maximum absolute atomic E-state index is 11.7. The first kappa shape index (κ1) is 19.0. The van der Waals surface area contributed by atoms with E-state index in [0.717, 1.165) is 24.5 Å². The van der Waals surface area contributed by atoms with Crippen LogP contribution < -0.4 is 14.8 Å². The van der Waals surface area contributed by atoms with Crippen LogP contribution in [-0.2, 0) is 17.8 Å². The number of ether oxygens (including phenoxy) is 3.